The molecule has 0 aliphatic heterocycles. The van der Waals surface area contributed by atoms with Crippen LogP contribution >= 0.6 is 0 Å². The number of fused-ring (bicyclic) bond motifs is 1. The van der Waals surface area contributed by atoms with Crippen molar-refractivity contribution in [1.29, 1.82) is 0 Å². The number of halogens is 4. The molecule has 0 atom stereocenters. The number of imidazole rings is 1. The predicted octanol–water partition coefficient (Wildman–Crippen LogP) is 6.57. The lowest BCUT2D eigenvalue weighted by Crippen LogP contribution is -2.15. The summed E-state index contributed by atoms with van der Waals surface area (Å²) in [4.78, 5) is 20.6. The lowest BCUT2D eigenvalue weighted by molar-refractivity contribution is 0.1000. The molecule has 6 rings (SSSR count). The average Bonchev–Trinajstić information content (AvgIpc) is 3.73. The Hall–Kier alpha value is -4.77. The fourth-order valence-corrected chi connectivity index (χ4v) is 5.51. The predicted molar refractivity (Wildman–Crippen MR) is 161 cm³/mol. The third kappa shape index (κ3) is 6.12. The van der Waals surface area contributed by atoms with Gasteiger partial charge in [0, 0.05) is 36.2 Å². The standard InChI is InChI=1S/C34H31F4N5O2/c1-2-34(9-10-34)18-43-29-14-23(32(40)44)13-27(38)31(29)42-30(43)15-20-5-6-21(12-26(20)37)28-8-7-24(35)33(41-28)45-17-22-4-3-19(16-39)11-25(22)36/h3-8,11-14H,2,9-10,15-18,39H2,1H3,(H2,40,44). The monoisotopic (exact) mass is 617 g/mol. The van der Waals surface area contributed by atoms with Gasteiger partial charge in [-0.3, -0.25) is 4.79 Å². The van der Waals surface area contributed by atoms with Crippen molar-refractivity contribution in [3.8, 4) is 17.1 Å². The average molecular weight is 618 g/mol. The number of ether oxygens (including phenoxy) is 1. The van der Waals surface area contributed by atoms with E-state index in [1.165, 1.54) is 30.3 Å². The summed E-state index contributed by atoms with van der Waals surface area (Å²) in [6.07, 6.45) is 3.00. The van der Waals surface area contributed by atoms with E-state index in [1.54, 1.807) is 18.2 Å². The van der Waals surface area contributed by atoms with Crippen LogP contribution in [0.4, 0.5) is 17.6 Å². The van der Waals surface area contributed by atoms with Crippen LogP contribution in [0.15, 0.2) is 60.7 Å². The van der Waals surface area contributed by atoms with Crippen molar-refractivity contribution >= 4 is 16.9 Å². The van der Waals surface area contributed by atoms with Crippen LogP contribution in [-0.4, -0.2) is 20.4 Å². The molecular formula is C34H31F4N5O2. The number of carbonyl (C=O) groups is 1. The van der Waals surface area contributed by atoms with Crippen molar-refractivity contribution in [2.75, 3.05) is 0 Å². The highest BCUT2D eigenvalue weighted by molar-refractivity contribution is 5.96. The molecule has 3 aromatic carbocycles. The lowest BCUT2D eigenvalue weighted by Gasteiger charge is -2.17. The first-order valence-electron chi connectivity index (χ1n) is 14.6. The molecule has 1 saturated carbocycles. The van der Waals surface area contributed by atoms with Crippen molar-refractivity contribution in [3.05, 3.63) is 112 Å². The Morgan fingerprint density at radius 2 is 1.67 bits per heavy atom. The number of pyridine rings is 1. The molecular weight excluding hydrogens is 586 g/mol. The molecule has 0 unspecified atom stereocenters. The van der Waals surface area contributed by atoms with Crippen LogP contribution in [0.1, 0.15) is 59.1 Å². The Balaban J connectivity index is 1.27. The Labute approximate surface area is 256 Å². The molecule has 0 radical (unpaired) electrons. The summed E-state index contributed by atoms with van der Waals surface area (Å²) in [5.74, 6) is -3.15. The van der Waals surface area contributed by atoms with Crippen LogP contribution in [0, 0.1) is 28.7 Å². The molecule has 4 N–H and O–H groups in total. The van der Waals surface area contributed by atoms with E-state index in [1.807, 2.05) is 4.57 Å². The molecule has 2 aromatic heterocycles. The maximum atomic E-state index is 15.6. The highest BCUT2D eigenvalue weighted by Gasteiger charge is 2.41. The van der Waals surface area contributed by atoms with Gasteiger partial charge in [0.2, 0.25) is 5.91 Å². The van der Waals surface area contributed by atoms with E-state index >= 15 is 8.78 Å². The molecule has 0 spiro atoms. The lowest BCUT2D eigenvalue weighted by atomic mass is 10.0. The van der Waals surface area contributed by atoms with Gasteiger partial charge < -0.3 is 20.8 Å². The van der Waals surface area contributed by atoms with Crippen molar-refractivity contribution in [2.24, 2.45) is 16.9 Å². The number of nitrogens with two attached hydrogens (primary N) is 2. The molecule has 7 nitrogen and oxygen atoms in total. The zero-order valence-electron chi connectivity index (χ0n) is 24.5. The summed E-state index contributed by atoms with van der Waals surface area (Å²) in [6.45, 7) is 2.57. The highest BCUT2D eigenvalue weighted by Crippen LogP contribution is 2.50. The zero-order chi connectivity index (χ0) is 31.9. The molecule has 45 heavy (non-hydrogen) atoms. The number of aromatic nitrogens is 3. The first-order chi connectivity index (χ1) is 21.6. The minimum atomic E-state index is -0.750. The van der Waals surface area contributed by atoms with Gasteiger partial charge >= 0.3 is 0 Å². The maximum absolute atomic E-state index is 15.6. The van der Waals surface area contributed by atoms with E-state index in [0.29, 0.717) is 34.6 Å². The minimum Gasteiger partial charge on any atom is -0.471 e. The van der Waals surface area contributed by atoms with E-state index in [9.17, 15) is 13.6 Å². The Kier molecular flexibility index (Phi) is 8.05. The van der Waals surface area contributed by atoms with Gasteiger partial charge in [-0.05, 0) is 72.2 Å². The first-order valence-corrected chi connectivity index (χ1v) is 14.6. The van der Waals surface area contributed by atoms with Gasteiger partial charge in [0.15, 0.2) is 11.6 Å². The number of nitrogens with zero attached hydrogens (tertiary/aromatic N) is 3. The van der Waals surface area contributed by atoms with Crippen molar-refractivity contribution < 1.29 is 27.1 Å². The number of primary amides is 1. The molecule has 1 fully saturated rings. The summed E-state index contributed by atoms with van der Waals surface area (Å²) >= 11 is 0. The van der Waals surface area contributed by atoms with Crippen molar-refractivity contribution in [3.63, 3.8) is 0 Å². The Bertz CT molecular complexity index is 1940. The molecule has 1 aliphatic carbocycles. The van der Waals surface area contributed by atoms with Crippen LogP contribution in [0.5, 0.6) is 5.88 Å². The highest BCUT2D eigenvalue weighted by atomic mass is 19.1. The van der Waals surface area contributed by atoms with Crippen LogP contribution in [-0.2, 0) is 26.1 Å². The second-order valence-electron chi connectivity index (χ2n) is 11.5. The SMILES string of the molecule is CCC1(Cn2c(Cc3ccc(-c4ccc(F)c(OCc5ccc(CN)cc5F)n4)cc3F)nc3c(F)cc(C(N)=O)cc32)CC1. The number of benzene rings is 3. The topological polar surface area (TPSA) is 109 Å². The summed E-state index contributed by atoms with van der Waals surface area (Å²) in [6, 6.07) is 14.1. The van der Waals surface area contributed by atoms with Crippen molar-refractivity contribution in [1.82, 2.24) is 14.5 Å². The fraction of sp³-hybridized carbons (Fsp3) is 0.265. The third-order valence-corrected chi connectivity index (χ3v) is 8.60. The van der Waals surface area contributed by atoms with E-state index in [2.05, 4.69) is 16.9 Å². The zero-order valence-corrected chi connectivity index (χ0v) is 24.5. The number of hydrogen-bond donors (Lipinski definition) is 2. The van der Waals surface area contributed by atoms with Gasteiger partial charge in [-0.25, -0.2) is 27.5 Å². The molecule has 2 heterocycles. The summed E-state index contributed by atoms with van der Waals surface area (Å²) in [7, 11) is 0. The molecule has 0 saturated heterocycles. The van der Waals surface area contributed by atoms with Gasteiger partial charge in [-0.2, -0.15) is 0 Å². The molecule has 1 aliphatic rings. The summed E-state index contributed by atoms with van der Waals surface area (Å²) in [5.41, 5.74) is 13.3. The molecule has 0 bridgehead atoms. The first kappa shape index (κ1) is 30.3. The Morgan fingerprint density at radius 3 is 2.33 bits per heavy atom. The molecule has 232 valence electrons. The van der Waals surface area contributed by atoms with Crippen molar-refractivity contribution in [2.45, 2.75) is 52.3 Å². The van der Waals surface area contributed by atoms with E-state index in [-0.39, 0.29) is 53.2 Å². The number of hydrogen-bond acceptors (Lipinski definition) is 5. The van der Waals surface area contributed by atoms with Gasteiger partial charge in [-0.15, -0.1) is 0 Å². The Morgan fingerprint density at radius 1 is 0.911 bits per heavy atom. The van der Waals surface area contributed by atoms with Gasteiger partial charge in [-0.1, -0.05) is 31.2 Å². The third-order valence-electron chi connectivity index (χ3n) is 8.60. The maximum Gasteiger partial charge on any atom is 0.251 e. The quantitative estimate of drug-likeness (QED) is 0.163. The number of amides is 1. The largest absolute Gasteiger partial charge is 0.471 e. The van der Waals surface area contributed by atoms with Crippen LogP contribution in [0.25, 0.3) is 22.3 Å². The van der Waals surface area contributed by atoms with E-state index in [0.717, 1.165) is 31.4 Å². The number of carbonyl (C=O) groups excluding carboxylic acids is 1. The minimum absolute atomic E-state index is 0.0364. The smallest absolute Gasteiger partial charge is 0.251 e. The summed E-state index contributed by atoms with van der Waals surface area (Å²) < 4.78 is 66.8. The van der Waals surface area contributed by atoms with Crippen LogP contribution < -0.4 is 16.2 Å². The van der Waals surface area contributed by atoms with Gasteiger partial charge in [0.1, 0.15) is 29.6 Å². The normalized spacial score (nSPS) is 13.7. The molecule has 5 aromatic rings. The second kappa shape index (κ2) is 12.0. The molecule has 11 heteroatoms. The van der Waals surface area contributed by atoms with Crippen LogP contribution in [0.2, 0.25) is 0 Å². The van der Waals surface area contributed by atoms with E-state index in [4.69, 9.17) is 16.2 Å². The second-order valence-corrected chi connectivity index (χ2v) is 11.5. The fourth-order valence-electron chi connectivity index (χ4n) is 5.51. The van der Waals surface area contributed by atoms with Gasteiger partial charge in [0.05, 0.1) is 11.2 Å². The van der Waals surface area contributed by atoms with Gasteiger partial charge in [0.25, 0.3) is 5.88 Å². The summed E-state index contributed by atoms with van der Waals surface area (Å²) in [5, 5.41) is 0. The van der Waals surface area contributed by atoms with Crippen LogP contribution in [0.3, 0.4) is 0 Å². The number of rotatable bonds is 11. The van der Waals surface area contributed by atoms with E-state index < -0.39 is 29.2 Å². The molecule has 1 amide bonds.